The molecule has 1 aliphatic carbocycles. The number of aliphatic imine (C=N–C) groups is 1. The highest BCUT2D eigenvalue weighted by atomic mass is 16.2. The Morgan fingerprint density at radius 3 is 2.50 bits per heavy atom. The molecule has 1 saturated carbocycles. The molecule has 1 saturated heterocycles. The summed E-state index contributed by atoms with van der Waals surface area (Å²) in [7, 11) is 0. The third-order valence-electron chi connectivity index (χ3n) is 4.93. The van der Waals surface area contributed by atoms with E-state index >= 15 is 0 Å². The Hall–Kier alpha value is -2.24. The summed E-state index contributed by atoms with van der Waals surface area (Å²) in [6.45, 7) is 4.19. The predicted molar refractivity (Wildman–Crippen MR) is 97.1 cm³/mol. The third-order valence-corrected chi connectivity index (χ3v) is 4.93. The number of piperazine rings is 1. The number of para-hydroxylation sites is 1. The van der Waals surface area contributed by atoms with Crippen LogP contribution in [0.5, 0.6) is 0 Å². The van der Waals surface area contributed by atoms with E-state index in [-0.39, 0.29) is 12.5 Å². The first-order chi connectivity index (χ1) is 11.7. The van der Waals surface area contributed by atoms with E-state index in [9.17, 15) is 4.79 Å². The van der Waals surface area contributed by atoms with E-state index in [0.717, 1.165) is 38.6 Å². The van der Waals surface area contributed by atoms with Gasteiger partial charge in [0.15, 0.2) is 5.96 Å². The van der Waals surface area contributed by atoms with E-state index in [1.54, 1.807) is 0 Å². The maximum atomic E-state index is 12.3. The fraction of sp³-hybridized carbons (Fsp3) is 0.556. The molecule has 0 spiro atoms. The number of guanidine groups is 1. The number of carbonyl (C=O) groups excluding carboxylic acids is 1. The van der Waals surface area contributed by atoms with Crippen LogP contribution in [0.3, 0.4) is 0 Å². The molecule has 3 N–H and O–H groups in total. The Bertz CT molecular complexity index is 562. The van der Waals surface area contributed by atoms with Crippen molar-refractivity contribution in [1.29, 1.82) is 0 Å². The number of hydrogen-bond acceptors (Lipinski definition) is 3. The Morgan fingerprint density at radius 1 is 1.17 bits per heavy atom. The first-order valence-corrected chi connectivity index (χ1v) is 8.84. The summed E-state index contributed by atoms with van der Waals surface area (Å²) in [4.78, 5) is 20.6. The fourth-order valence-corrected chi connectivity index (χ4v) is 3.11. The zero-order valence-corrected chi connectivity index (χ0v) is 14.2. The molecular weight excluding hydrogens is 302 g/mol. The lowest BCUT2D eigenvalue weighted by Crippen LogP contribution is -2.49. The van der Waals surface area contributed by atoms with Crippen LogP contribution in [0, 0.1) is 5.92 Å². The lowest BCUT2D eigenvalue weighted by atomic mass is 9.85. The van der Waals surface area contributed by atoms with Crippen molar-refractivity contribution in [3.63, 3.8) is 0 Å². The molecule has 1 aliphatic heterocycles. The van der Waals surface area contributed by atoms with Crippen LogP contribution >= 0.6 is 0 Å². The summed E-state index contributed by atoms with van der Waals surface area (Å²) < 4.78 is 0. The number of amides is 1. The SMILES string of the molecule is NC(=NCC(=O)N1CCN(c2ccccc2)CC1)NCC1CCC1. The Balaban J connectivity index is 1.40. The highest BCUT2D eigenvalue weighted by Crippen LogP contribution is 2.24. The molecule has 1 aromatic rings. The molecule has 2 fully saturated rings. The van der Waals surface area contributed by atoms with E-state index in [1.165, 1.54) is 24.9 Å². The van der Waals surface area contributed by atoms with Crippen LogP contribution in [0.2, 0.25) is 0 Å². The third kappa shape index (κ3) is 4.40. The minimum Gasteiger partial charge on any atom is -0.370 e. The van der Waals surface area contributed by atoms with Crippen molar-refractivity contribution in [1.82, 2.24) is 10.2 Å². The monoisotopic (exact) mass is 329 g/mol. The van der Waals surface area contributed by atoms with Crippen LogP contribution in [-0.4, -0.2) is 56.0 Å². The molecule has 1 amide bonds. The number of nitrogens with one attached hydrogen (secondary N) is 1. The van der Waals surface area contributed by atoms with Gasteiger partial charge in [-0.25, -0.2) is 4.99 Å². The molecule has 6 heteroatoms. The molecule has 0 radical (unpaired) electrons. The quantitative estimate of drug-likeness (QED) is 0.625. The van der Waals surface area contributed by atoms with E-state index in [4.69, 9.17) is 5.73 Å². The molecular formula is C18H27N5O. The van der Waals surface area contributed by atoms with Gasteiger partial charge in [0.05, 0.1) is 0 Å². The van der Waals surface area contributed by atoms with Crippen molar-refractivity contribution in [3.05, 3.63) is 30.3 Å². The van der Waals surface area contributed by atoms with Crippen molar-refractivity contribution in [2.75, 3.05) is 44.2 Å². The van der Waals surface area contributed by atoms with Gasteiger partial charge in [0.1, 0.15) is 6.54 Å². The second-order valence-corrected chi connectivity index (χ2v) is 6.58. The first-order valence-electron chi connectivity index (χ1n) is 8.84. The van der Waals surface area contributed by atoms with Crippen molar-refractivity contribution >= 4 is 17.6 Å². The van der Waals surface area contributed by atoms with Crippen molar-refractivity contribution in [2.45, 2.75) is 19.3 Å². The van der Waals surface area contributed by atoms with Crippen LogP contribution in [0.4, 0.5) is 5.69 Å². The van der Waals surface area contributed by atoms with Gasteiger partial charge >= 0.3 is 0 Å². The van der Waals surface area contributed by atoms with Gasteiger partial charge in [-0.2, -0.15) is 0 Å². The lowest BCUT2D eigenvalue weighted by molar-refractivity contribution is -0.129. The summed E-state index contributed by atoms with van der Waals surface area (Å²) in [6.07, 6.45) is 3.85. The summed E-state index contributed by atoms with van der Waals surface area (Å²) in [6, 6.07) is 10.3. The molecule has 0 unspecified atom stereocenters. The zero-order valence-electron chi connectivity index (χ0n) is 14.2. The molecule has 3 rings (SSSR count). The van der Waals surface area contributed by atoms with Gasteiger partial charge < -0.3 is 20.9 Å². The molecule has 1 aromatic carbocycles. The van der Waals surface area contributed by atoms with E-state index in [0.29, 0.717) is 5.96 Å². The number of nitrogens with two attached hydrogens (primary N) is 1. The molecule has 0 atom stereocenters. The van der Waals surface area contributed by atoms with Gasteiger partial charge in [0, 0.05) is 38.4 Å². The first kappa shape index (κ1) is 16.6. The topological polar surface area (TPSA) is 74.0 Å². The number of benzene rings is 1. The van der Waals surface area contributed by atoms with Crippen molar-refractivity contribution in [3.8, 4) is 0 Å². The van der Waals surface area contributed by atoms with Crippen LogP contribution in [0.15, 0.2) is 35.3 Å². The standard InChI is InChI=1S/C18H27N5O/c19-18(20-13-15-5-4-6-15)21-14-17(24)23-11-9-22(10-12-23)16-7-2-1-3-8-16/h1-3,7-8,15H,4-6,9-14H2,(H3,19,20,21). The number of nitrogens with zero attached hydrogens (tertiary/aromatic N) is 3. The minimum absolute atomic E-state index is 0.0519. The van der Waals surface area contributed by atoms with E-state index < -0.39 is 0 Å². The van der Waals surface area contributed by atoms with Gasteiger partial charge in [0.25, 0.3) is 0 Å². The molecule has 0 bridgehead atoms. The number of anilines is 1. The maximum absolute atomic E-state index is 12.3. The van der Waals surface area contributed by atoms with Crippen molar-refractivity contribution in [2.24, 2.45) is 16.6 Å². The number of carbonyl (C=O) groups is 1. The highest BCUT2D eigenvalue weighted by molar-refractivity contribution is 5.84. The van der Waals surface area contributed by atoms with Crippen LogP contribution < -0.4 is 16.0 Å². The molecule has 0 aromatic heterocycles. The maximum Gasteiger partial charge on any atom is 0.244 e. The highest BCUT2D eigenvalue weighted by Gasteiger charge is 2.21. The summed E-state index contributed by atoms with van der Waals surface area (Å²) in [5.74, 6) is 1.16. The largest absolute Gasteiger partial charge is 0.370 e. The van der Waals surface area contributed by atoms with Crippen LogP contribution in [0.25, 0.3) is 0 Å². The summed E-state index contributed by atoms with van der Waals surface area (Å²) >= 11 is 0. The van der Waals surface area contributed by atoms with Gasteiger partial charge in [0.2, 0.25) is 5.91 Å². The van der Waals surface area contributed by atoms with E-state index in [2.05, 4.69) is 27.3 Å². The van der Waals surface area contributed by atoms with Gasteiger partial charge in [-0.15, -0.1) is 0 Å². The minimum atomic E-state index is 0.0519. The van der Waals surface area contributed by atoms with Crippen molar-refractivity contribution < 1.29 is 4.79 Å². The second kappa shape index (κ2) is 8.04. The predicted octanol–water partition coefficient (Wildman–Crippen LogP) is 1.04. The van der Waals surface area contributed by atoms with E-state index in [1.807, 2.05) is 23.1 Å². The number of rotatable bonds is 5. The Kier molecular flexibility index (Phi) is 5.56. The average Bonchev–Trinajstić information content (AvgIpc) is 2.59. The van der Waals surface area contributed by atoms with Gasteiger partial charge in [-0.3, -0.25) is 4.79 Å². The lowest BCUT2D eigenvalue weighted by Gasteiger charge is -2.36. The van der Waals surface area contributed by atoms with Gasteiger partial charge in [-0.1, -0.05) is 24.6 Å². The Morgan fingerprint density at radius 2 is 1.88 bits per heavy atom. The Labute approximate surface area is 143 Å². The second-order valence-electron chi connectivity index (χ2n) is 6.58. The molecule has 130 valence electrons. The number of hydrogen-bond donors (Lipinski definition) is 2. The molecule has 2 aliphatic rings. The smallest absolute Gasteiger partial charge is 0.244 e. The zero-order chi connectivity index (χ0) is 16.8. The summed E-state index contributed by atoms with van der Waals surface area (Å²) in [5, 5.41) is 3.12. The molecule has 24 heavy (non-hydrogen) atoms. The van der Waals surface area contributed by atoms with Crippen LogP contribution in [0.1, 0.15) is 19.3 Å². The fourth-order valence-electron chi connectivity index (χ4n) is 3.11. The van der Waals surface area contributed by atoms with Gasteiger partial charge in [-0.05, 0) is 30.9 Å². The average molecular weight is 329 g/mol. The normalized spacial score (nSPS) is 19.1. The molecule has 1 heterocycles. The summed E-state index contributed by atoms with van der Waals surface area (Å²) in [5.41, 5.74) is 7.05. The van der Waals surface area contributed by atoms with Crippen LogP contribution in [-0.2, 0) is 4.79 Å². The molecule has 6 nitrogen and oxygen atoms in total.